The molecule has 0 saturated heterocycles. The Balaban J connectivity index is 1.66. The van der Waals surface area contributed by atoms with Gasteiger partial charge in [0.05, 0.1) is 12.0 Å². The summed E-state index contributed by atoms with van der Waals surface area (Å²) in [5.74, 6) is 0.870. The van der Waals surface area contributed by atoms with E-state index >= 15 is 0 Å². The summed E-state index contributed by atoms with van der Waals surface area (Å²) in [5.41, 5.74) is 1.40. The molecule has 1 fully saturated rings. The average molecular weight is 366 g/mol. The summed E-state index contributed by atoms with van der Waals surface area (Å²) in [5, 5.41) is 5.81. The molecular formula is C22H20ClNO2. The van der Waals surface area contributed by atoms with E-state index in [9.17, 15) is 4.79 Å². The van der Waals surface area contributed by atoms with Crippen molar-refractivity contribution in [2.75, 3.05) is 11.9 Å². The van der Waals surface area contributed by atoms with Crippen LogP contribution in [0.25, 0.3) is 10.8 Å². The molecular weight excluding hydrogens is 346 g/mol. The van der Waals surface area contributed by atoms with Gasteiger partial charge in [0, 0.05) is 21.5 Å². The van der Waals surface area contributed by atoms with Gasteiger partial charge in [0.2, 0.25) is 5.91 Å². The maximum Gasteiger partial charge on any atom is 0.235 e. The number of hydrogen-bond acceptors (Lipinski definition) is 2. The van der Waals surface area contributed by atoms with Gasteiger partial charge in [-0.15, -0.1) is 0 Å². The molecule has 0 atom stereocenters. The van der Waals surface area contributed by atoms with Crippen LogP contribution in [0.5, 0.6) is 5.75 Å². The van der Waals surface area contributed by atoms with Crippen molar-refractivity contribution in [3.05, 3.63) is 71.2 Å². The zero-order valence-electron chi connectivity index (χ0n) is 14.6. The number of rotatable bonds is 5. The zero-order chi connectivity index (χ0) is 18.1. The summed E-state index contributed by atoms with van der Waals surface area (Å²) in [6, 6.07) is 19.4. The minimum absolute atomic E-state index is 0.0362. The lowest BCUT2D eigenvalue weighted by Crippen LogP contribution is -2.27. The molecule has 1 N–H and O–H groups in total. The Bertz CT molecular complexity index is 962. The molecule has 3 aromatic rings. The smallest absolute Gasteiger partial charge is 0.235 e. The number of amides is 1. The fraction of sp³-hybridized carbons (Fsp3) is 0.227. The maximum atomic E-state index is 13.1. The second-order valence-electron chi connectivity index (χ2n) is 6.63. The van der Waals surface area contributed by atoms with Crippen LogP contribution in [-0.2, 0) is 10.2 Å². The Hall–Kier alpha value is -2.52. The highest BCUT2D eigenvalue weighted by atomic mass is 35.5. The van der Waals surface area contributed by atoms with E-state index in [1.54, 1.807) is 0 Å². The van der Waals surface area contributed by atoms with Crippen molar-refractivity contribution >= 4 is 34.0 Å². The van der Waals surface area contributed by atoms with Gasteiger partial charge in [0.15, 0.2) is 0 Å². The summed E-state index contributed by atoms with van der Waals surface area (Å²) in [4.78, 5) is 13.1. The van der Waals surface area contributed by atoms with Gasteiger partial charge in [0.25, 0.3) is 0 Å². The Kier molecular flexibility index (Phi) is 4.33. The van der Waals surface area contributed by atoms with Crippen LogP contribution in [0.4, 0.5) is 5.69 Å². The third-order valence-electron chi connectivity index (χ3n) is 5.01. The van der Waals surface area contributed by atoms with Gasteiger partial charge in [-0.3, -0.25) is 4.79 Å². The highest BCUT2D eigenvalue weighted by molar-refractivity contribution is 6.30. The quantitative estimate of drug-likeness (QED) is 0.642. The van der Waals surface area contributed by atoms with E-state index in [4.69, 9.17) is 16.3 Å². The molecule has 0 aliphatic heterocycles. The molecule has 0 heterocycles. The molecule has 0 aromatic heterocycles. The first-order chi connectivity index (χ1) is 12.6. The van der Waals surface area contributed by atoms with E-state index in [1.807, 2.05) is 67.6 Å². The normalized spacial score (nSPS) is 14.8. The van der Waals surface area contributed by atoms with Crippen LogP contribution in [0.1, 0.15) is 25.3 Å². The third kappa shape index (κ3) is 2.93. The number of nitrogens with one attached hydrogen (secondary N) is 1. The number of carbonyl (C=O) groups excluding carboxylic acids is 1. The van der Waals surface area contributed by atoms with Crippen LogP contribution in [0.3, 0.4) is 0 Å². The van der Waals surface area contributed by atoms with Crippen molar-refractivity contribution in [2.24, 2.45) is 0 Å². The topological polar surface area (TPSA) is 38.3 Å². The van der Waals surface area contributed by atoms with E-state index in [-0.39, 0.29) is 5.91 Å². The molecule has 0 spiro atoms. The standard InChI is InChI=1S/C22H20ClNO2/c1-2-26-20-12-11-19(17-5-3-4-6-18(17)20)24-21(25)22(13-14-22)15-7-9-16(23)10-8-15/h3-12H,2,13-14H2,1H3,(H,24,25). The summed E-state index contributed by atoms with van der Waals surface area (Å²) >= 11 is 5.98. The fourth-order valence-corrected chi connectivity index (χ4v) is 3.57. The van der Waals surface area contributed by atoms with Crippen molar-refractivity contribution in [2.45, 2.75) is 25.2 Å². The van der Waals surface area contributed by atoms with E-state index in [0.29, 0.717) is 11.6 Å². The van der Waals surface area contributed by atoms with Crippen molar-refractivity contribution in [3.63, 3.8) is 0 Å². The fourth-order valence-electron chi connectivity index (χ4n) is 3.44. The Morgan fingerprint density at radius 1 is 1.04 bits per heavy atom. The number of carbonyl (C=O) groups is 1. The van der Waals surface area contributed by atoms with Crippen LogP contribution in [0, 0.1) is 0 Å². The van der Waals surface area contributed by atoms with Crippen LogP contribution in [0.2, 0.25) is 5.02 Å². The lowest BCUT2D eigenvalue weighted by molar-refractivity contribution is -0.118. The first-order valence-corrected chi connectivity index (χ1v) is 9.24. The Morgan fingerprint density at radius 3 is 2.38 bits per heavy atom. The molecule has 1 saturated carbocycles. The predicted octanol–water partition coefficient (Wildman–Crippen LogP) is 5.56. The summed E-state index contributed by atoms with van der Waals surface area (Å²) in [7, 11) is 0. The molecule has 0 unspecified atom stereocenters. The molecule has 132 valence electrons. The number of benzene rings is 3. The number of hydrogen-bond donors (Lipinski definition) is 1. The zero-order valence-corrected chi connectivity index (χ0v) is 15.3. The summed E-state index contributed by atoms with van der Waals surface area (Å²) in [6.07, 6.45) is 1.71. The van der Waals surface area contributed by atoms with Crippen molar-refractivity contribution < 1.29 is 9.53 Å². The molecule has 3 nitrogen and oxygen atoms in total. The monoisotopic (exact) mass is 365 g/mol. The van der Waals surface area contributed by atoms with E-state index in [0.717, 1.165) is 40.6 Å². The highest BCUT2D eigenvalue weighted by Crippen LogP contribution is 2.49. The molecule has 1 aliphatic rings. The summed E-state index contributed by atoms with van der Waals surface area (Å²) < 4.78 is 5.71. The van der Waals surface area contributed by atoms with Crippen LogP contribution in [-0.4, -0.2) is 12.5 Å². The van der Waals surface area contributed by atoms with Crippen molar-refractivity contribution in [3.8, 4) is 5.75 Å². The highest BCUT2D eigenvalue weighted by Gasteiger charge is 2.51. The van der Waals surface area contributed by atoms with E-state index < -0.39 is 5.41 Å². The van der Waals surface area contributed by atoms with Gasteiger partial charge < -0.3 is 10.1 Å². The van der Waals surface area contributed by atoms with Crippen molar-refractivity contribution in [1.82, 2.24) is 0 Å². The first kappa shape index (κ1) is 16.9. The number of anilines is 1. The molecule has 0 bridgehead atoms. The second-order valence-corrected chi connectivity index (χ2v) is 7.07. The molecule has 1 amide bonds. The summed E-state index contributed by atoms with van der Waals surface area (Å²) in [6.45, 7) is 2.57. The van der Waals surface area contributed by atoms with Gasteiger partial charge in [-0.05, 0) is 49.6 Å². The Labute approximate surface area is 157 Å². The number of halogens is 1. The SMILES string of the molecule is CCOc1ccc(NC(=O)C2(c3ccc(Cl)cc3)CC2)c2ccccc12. The van der Waals surface area contributed by atoms with Crippen LogP contribution in [0.15, 0.2) is 60.7 Å². The van der Waals surface area contributed by atoms with Gasteiger partial charge in [-0.1, -0.05) is 48.0 Å². The molecule has 4 rings (SSSR count). The largest absolute Gasteiger partial charge is 0.493 e. The maximum absolute atomic E-state index is 13.1. The van der Waals surface area contributed by atoms with Gasteiger partial charge in [-0.2, -0.15) is 0 Å². The van der Waals surface area contributed by atoms with Crippen molar-refractivity contribution in [1.29, 1.82) is 0 Å². The molecule has 26 heavy (non-hydrogen) atoms. The number of fused-ring (bicyclic) bond motifs is 1. The Morgan fingerprint density at radius 2 is 1.73 bits per heavy atom. The van der Waals surface area contributed by atoms with Gasteiger partial charge in [0.1, 0.15) is 5.75 Å². The predicted molar refractivity (Wildman–Crippen MR) is 106 cm³/mol. The lowest BCUT2D eigenvalue weighted by atomic mass is 9.94. The van der Waals surface area contributed by atoms with Crippen LogP contribution < -0.4 is 10.1 Å². The second kappa shape index (κ2) is 6.65. The van der Waals surface area contributed by atoms with Gasteiger partial charge in [-0.25, -0.2) is 0 Å². The molecule has 3 aromatic carbocycles. The number of ether oxygens (including phenoxy) is 1. The minimum atomic E-state index is -0.440. The molecule has 0 radical (unpaired) electrons. The average Bonchev–Trinajstić information content (AvgIpc) is 3.46. The van der Waals surface area contributed by atoms with Gasteiger partial charge >= 0.3 is 0 Å². The lowest BCUT2D eigenvalue weighted by Gasteiger charge is -2.18. The molecule has 4 heteroatoms. The van der Waals surface area contributed by atoms with E-state index in [1.165, 1.54) is 0 Å². The third-order valence-corrected chi connectivity index (χ3v) is 5.27. The van der Waals surface area contributed by atoms with Crippen LogP contribution >= 0.6 is 11.6 Å². The van der Waals surface area contributed by atoms with E-state index in [2.05, 4.69) is 5.32 Å². The first-order valence-electron chi connectivity index (χ1n) is 8.86. The minimum Gasteiger partial charge on any atom is -0.493 e. The molecule has 1 aliphatic carbocycles.